The van der Waals surface area contributed by atoms with E-state index >= 15 is 0 Å². The van der Waals surface area contributed by atoms with E-state index in [9.17, 15) is 4.39 Å². The van der Waals surface area contributed by atoms with E-state index < -0.39 is 5.82 Å². The summed E-state index contributed by atoms with van der Waals surface area (Å²) in [5.41, 5.74) is 0. The average Bonchev–Trinajstić information content (AvgIpc) is 2.32. The van der Waals surface area contributed by atoms with Crippen molar-refractivity contribution < 1.29 is 9.13 Å². The van der Waals surface area contributed by atoms with Crippen LogP contribution in [0.1, 0.15) is 33.1 Å². The smallest absolute Gasteiger partial charge is 0.145 e. The molecule has 0 saturated carbocycles. The highest BCUT2D eigenvalue weighted by molar-refractivity contribution is 6.30. The highest BCUT2D eigenvalue weighted by Crippen LogP contribution is 2.20. The van der Waals surface area contributed by atoms with E-state index in [4.69, 9.17) is 16.3 Å². The summed E-state index contributed by atoms with van der Waals surface area (Å²) in [4.78, 5) is 0. The first-order chi connectivity index (χ1) is 8.59. The highest BCUT2D eigenvalue weighted by Gasteiger charge is 2.01. The van der Waals surface area contributed by atoms with E-state index in [0.29, 0.717) is 18.4 Å². The number of nitrogens with one attached hydrogen (secondary N) is 1. The fourth-order valence-corrected chi connectivity index (χ4v) is 1.67. The average molecular weight is 274 g/mol. The molecular weight excluding hydrogens is 253 g/mol. The molecule has 1 rings (SSSR count). The van der Waals surface area contributed by atoms with Gasteiger partial charge in [-0.15, -0.1) is 0 Å². The molecule has 0 heterocycles. The Labute approximate surface area is 113 Å². The van der Waals surface area contributed by atoms with Crippen molar-refractivity contribution in [3.8, 4) is 5.75 Å². The first-order valence-corrected chi connectivity index (χ1v) is 6.78. The van der Waals surface area contributed by atoms with Gasteiger partial charge in [0, 0.05) is 12.1 Å². The minimum absolute atomic E-state index is 0.127. The lowest BCUT2D eigenvalue weighted by atomic mass is 10.2. The van der Waals surface area contributed by atoms with Crippen LogP contribution in [0.5, 0.6) is 5.75 Å². The molecule has 102 valence electrons. The number of unbranched alkanes of at least 4 members (excludes halogenated alkanes) is 2. The van der Waals surface area contributed by atoms with Crippen LogP contribution in [0, 0.1) is 5.82 Å². The fraction of sp³-hybridized carbons (Fsp3) is 0.571. The van der Waals surface area contributed by atoms with Crippen molar-refractivity contribution in [1.29, 1.82) is 0 Å². The topological polar surface area (TPSA) is 21.3 Å². The van der Waals surface area contributed by atoms with Crippen molar-refractivity contribution >= 4 is 11.6 Å². The number of rotatable bonds is 8. The fourth-order valence-electron chi connectivity index (χ4n) is 1.55. The maximum Gasteiger partial charge on any atom is 0.145 e. The predicted molar refractivity (Wildman–Crippen MR) is 73.9 cm³/mol. The van der Waals surface area contributed by atoms with E-state index in [0.717, 1.165) is 25.8 Å². The third kappa shape index (κ3) is 6.22. The molecule has 1 N–H and O–H groups in total. The predicted octanol–water partition coefficient (Wildman–Crippen LogP) is 4.03. The van der Waals surface area contributed by atoms with Gasteiger partial charge >= 0.3 is 0 Å². The molecule has 1 aromatic rings. The van der Waals surface area contributed by atoms with Gasteiger partial charge in [-0.25, -0.2) is 4.39 Å². The first kappa shape index (κ1) is 15.3. The molecule has 0 spiro atoms. The first-order valence-electron chi connectivity index (χ1n) is 6.41. The van der Waals surface area contributed by atoms with Crippen LogP contribution >= 0.6 is 11.6 Å². The zero-order chi connectivity index (χ0) is 13.4. The Morgan fingerprint density at radius 2 is 2.06 bits per heavy atom. The molecule has 0 atom stereocenters. The van der Waals surface area contributed by atoms with Crippen molar-refractivity contribution in [2.75, 3.05) is 13.2 Å². The Morgan fingerprint density at radius 1 is 1.28 bits per heavy atom. The van der Waals surface area contributed by atoms with E-state index in [1.165, 1.54) is 12.1 Å². The Bertz CT molecular complexity index is 358. The number of benzene rings is 1. The van der Waals surface area contributed by atoms with Crippen molar-refractivity contribution in [3.05, 3.63) is 29.0 Å². The van der Waals surface area contributed by atoms with Crippen LogP contribution in [-0.4, -0.2) is 19.2 Å². The summed E-state index contributed by atoms with van der Waals surface area (Å²) in [6.07, 6.45) is 3.22. The second-order valence-corrected chi connectivity index (χ2v) is 5.00. The molecule has 0 bridgehead atoms. The van der Waals surface area contributed by atoms with E-state index in [-0.39, 0.29) is 5.02 Å². The molecule has 0 aliphatic heterocycles. The molecule has 0 unspecified atom stereocenters. The minimum Gasteiger partial charge on any atom is -0.493 e. The quantitative estimate of drug-likeness (QED) is 0.722. The number of ether oxygens (including phenoxy) is 1. The third-order valence-electron chi connectivity index (χ3n) is 2.53. The molecule has 18 heavy (non-hydrogen) atoms. The lowest BCUT2D eigenvalue weighted by molar-refractivity contribution is 0.303. The Kier molecular flexibility index (Phi) is 7.06. The maximum absolute atomic E-state index is 13.1. The Morgan fingerprint density at radius 3 is 2.72 bits per heavy atom. The maximum atomic E-state index is 13.1. The van der Waals surface area contributed by atoms with Gasteiger partial charge in [-0.05, 0) is 37.9 Å². The second kappa shape index (κ2) is 8.33. The Balaban J connectivity index is 2.09. The van der Waals surface area contributed by atoms with Crippen LogP contribution in [0.4, 0.5) is 4.39 Å². The standard InChI is InChI=1S/C14H21ClFNO/c1-11(2)17-8-4-3-5-9-18-12-6-7-13(15)14(16)10-12/h6-7,10-11,17H,3-5,8-9H2,1-2H3. The zero-order valence-corrected chi connectivity index (χ0v) is 11.8. The van der Waals surface area contributed by atoms with E-state index in [2.05, 4.69) is 19.2 Å². The normalized spacial score (nSPS) is 10.9. The summed E-state index contributed by atoms with van der Waals surface area (Å²) < 4.78 is 18.6. The second-order valence-electron chi connectivity index (χ2n) is 4.59. The molecule has 0 fully saturated rings. The number of halogens is 2. The summed E-state index contributed by atoms with van der Waals surface area (Å²) in [5, 5.41) is 3.49. The summed E-state index contributed by atoms with van der Waals surface area (Å²) >= 11 is 5.59. The molecule has 0 amide bonds. The van der Waals surface area contributed by atoms with E-state index in [1.54, 1.807) is 6.07 Å². The van der Waals surface area contributed by atoms with Gasteiger partial charge in [0.25, 0.3) is 0 Å². The van der Waals surface area contributed by atoms with Gasteiger partial charge in [-0.2, -0.15) is 0 Å². The molecule has 4 heteroatoms. The lowest BCUT2D eigenvalue weighted by Crippen LogP contribution is -2.23. The number of hydrogen-bond acceptors (Lipinski definition) is 2. The molecule has 1 aromatic carbocycles. The molecule has 0 aliphatic carbocycles. The molecule has 2 nitrogen and oxygen atoms in total. The monoisotopic (exact) mass is 273 g/mol. The molecule has 0 aromatic heterocycles. The van der Waals surface area contributed by atoms with Crippen LogP contribution in [0.15, 0.2) is 18.2 Å². The van der Waals surface area contributed by atoms with Crippen LogP contribution in [-0.2, 0) is 0 Å². The molecule has 0 saturated heterocycles. The summed E-state index contributed by atoms with van der Waals surface area (Å²) in [6.45, 7) is 5.92. The number of hydrogen-bond donors (Lipinski definition) is 1. The summed E-state index contributed by atoms with van der Waals surface area (Å²) in [7, 11) is 0. The van der Waals surface area contributed by atoms with Crippen LogP contribution in [0.3, 0.4) is 0 Å². The van der Waals surface area contributed by atoms with Gasteiger partial charge in [-0.3, -0.25) is 0 Å². The Hall–Kier alpha value is -0.800. The highest BCUT2D eigenvalue weighted by atomic mass is 35.5. The van der Waals surface area contributed by atoms with E-state index in [1.807, 2.05) is 0 Å². The van der Waals surface area contributed by atoms with Crippen LogP contribution in [0.2, 0.25) is 5.02 Å². The van der Waals surface area contributed by atoms with Gasteiger partial charge < -0.3 is 10.1 Å². The van der Waals surface area contributed by atoms with Crippen molar-refractivity contribution in [1.82, 2.24) is 5.32 Å². The van der Waals surface area contributed by atoms with Gasteiger partial charge in [-0.1, -0.05) is 25.4 Å². The molecular formula is C14H21ClFNO. The van der Waals surface area contributed by atoms with Crippen LogP contribution in [0.25, 0.3) is 0 Å². The molecule has 0 aliphatic rings. The van der Waals surface area contributed by atoms with Gasteiger partial charge in [0.1, 0.15) is 11.6 Å². The van der Waals surface area contributed by atoms with Gasteiger partial charge in [0.2, 0.25) is 0 Å². The van der Waals surface area contributed by atoms with Crippen molar-refractivity contribution in [2.24, 2.45) is 0 Å². The lowest BCUT2D eigenvalue weighted by Gasteiger charge is -2.08. The molecule has 0 radical (unpaired) electrons. The SMILES string of the molecule is CC(C)NCCCCCOc1ccc(Cl)c(F)c1. The largest absolute Gasteiger partial charge is 0.493 e. The summed E-state index contributed by atoms with van der Waals surface area (Å²) in [5.74, 6) is 0.104. The van der Waals surface area contributed by atoms with Crippen molar-refractivity contribution in [3.63, 3.8) is 0 Å². The van der Waals surface area contributed by atoms with Crippen molar-refractivity contribution in [2.45, 2.75) is 39.2 Å². The third-order valence-corrected chi connectivity index (χ3v) is 2.84. The van der Waals surface area contributed by atoms with Gasteiger partial charge in [0.05, 0.1) is 11.6 Å². The zero-order valence-electron chi connectivity index (χ0n) is 11.0. The van der Waals surface area contributed by atoms with Crippen LogP contribution < -0.4 is 10.1 Å². The summed E-state index contributed by atoms with van der Waals surface area (Å²) in [6, 6.07) is 5.06. The van der Waals surface area contributed by atoms with Gasteiger partial charge in [0.15, 0.2) is 0 Å². The minimum atomic E-state index is -0.435.